The van der Waals surface area contributed by atoms with Crippen LogP contribution in [0.15, 0.2) is 30.5 Å². The third-order valence-corrected chi connectivity index (χ3v) is 3.61. The molecule has 1 aliphatic rings. The number of carbonyl (C=O) groups is 1. The number of amides is 1. The summed E-state index contributed by atoms with van der Waals surface area (Å²) in [4.78, 5) is 21.1. The molecule has 2 aromatic rings. The van der Waals surface area contributed by atoms with Crippen LogP contribution in [0.5, 0.6) is 5.75 Å². The monoisotopic (exact) mass is 297 g/mol. The molecule has 0 atom stereocenters. The van der Waals surface area contributed by atoms with E-state index in [1.165, 1.54) is 0 Å². The lowest BCUT2D eigenvalue weighted by Gasteiger charge is -2.09. The fourth-order valence-corrected chi connectivity index (χ4v) is 2.25. The molecule has 5 nitrogen and oxygen atoms in total. The van der Waals surface area contributed by atoms with Gasteiger partial charge in [0.05, 0.1) is 17.9 Å². The van der Waals surface area contributed by atoms with E-state index in [2.05, 4.69) is 15.3 Å². The molecule has 1 N–H and O–H groups in total. The normalized spacial score (nSPS) is 13.7. The van der Waals surface area contributed by atoms with Gasteiger partial charge in [0.15, 0.2) is 0 Å². The van der Waals surface area contributed by atoms with Gasteiger partial charge in [0.1, 0.15) is 11.6 Å². The molecule has 0 spiro atoms. The van der Waals surface area contributed by atoms with Gasteiger partial charge >= 0.3 is 0 Å². The zero-order chi connectivity index (χ0) is 15.5. The largest absolute Gasteiger partial charge is 0.494 e. The number of anilines is 1. The van der Waals surface area contributed by atoms with Gasteiger partial charge in [-0.15, -0.1) is 0 Å². The van der Waals surface area contributed by atoms with E-state index < -0.39 is 0 Å². The second kappa shape index (κ2) is 6.13. The Balaban J connectivity index is 1.70. The maximum atomic E-state index is 12.3. The highest BCUT2D eigenvalue weighted by Crippen LogP contribution is 2.37. The fraction of sp³-hybridized carbons (Fsp3) is 0.353. The molecule has 1 amide bonds. The van der Waals surface area contributed by atoms with Crippen LogP contribution in [0.3, 0.4) is 0 Å². The first kappa shape index (κ1) is 14.5. The average molecular weight is 297 g/mol. The highest BCUT2D eigenvalue weighted by atomic mass is 16.5. The lowest BCUT2D eigenvalue weighted by atomic mass is 10.2. The van der Waals surface area contributed by atoms with Gasteiger partial charge in [0, 0.05) is 17.8 Å². The van der Waals surface area contributed by atoms with Crippen LogP contribution in [0.2, 0.25) is 0 Å². The topological polar surface area (TPSA) is 64.1 Å². The summed E-state index contributed by atoms with van der Waals surface area (Å²) in [6.07, 6.45) is 3.92. The van der Waals surface area contributed by atoms with Crippen molar-refractivity contribution in [1.82, 2.24) is 9.97 Å². The number of hydrogen-bond donors (Lipinski definition) is 1. The fourth-order valence-electron chi connectivity index (χ4n) is 2.25. The van der Waals surface area contributed by atoms with Gasteiger partial charge in [0.25, 0.3) is 5.91 Å². The van der Waals surface area contributed by atoms with Gasteiger partial charge in [0.2, 0.25) is 0 Å². The van der Waals surface area contributed by atoms with Crippen LogP contribution in [0.25, 0.3) is 0 Å². The first-order valence-electron chi connectivity index (χ1n) is 7.55. The molecular weight excluding hydrogens is 278 g/mol. The maximum absolute atomic E-state index is 12.3. The summed E-state index contributed by atoms with van der Waals surface area (Å²) in [6, 6.07) is 7.30. The van der Waals surface area contributed by atoms with E-state index in [-0.39, 0.29) is 5.91 Å². The Kier molecular flexibility index (Phi) is 4.04. The molecule has 0 unspecified atom stereocenters. The van der Waals surface area contributed by atoms with Crippen molar-refractivity contribution in [3.63, 3.8) is 0 Å². The minimum absolute atomic E-state index is 0.191. The van der Waals surface area contributed by atoms with Crippen LogP contribution in [0.4, 0.5) is 5.69 Å². The van der Waals surface area contributed by atoms with Crippen LogP contribution in [0, 0.1) is 6.92 Å². The number of carbonyl (C=O) groups excluding carboxylic acids is 1. The van der Waals surface area contributed by atoms with E-state index in [1.54, 1.807) is 6.20 Å². The van der Waals surface area contributed by atoms with Crippen molar-refractivity contribution in [3.05, 3.63) is 47.5 Å². The Hall–Kier alpha value is -2.43. The van der Waals surface area contributed by atoms with E-state index in [0.717, 1.165) is 35.8 Å². The van der Waals surface area contributed by atoms with E-state index >= 15 is 0 Å². The first-order valence-corrected chi connectivity index (χ1v) is 7.55. The summed E-state index contributed by atoms with van der Waals surface area (Å²) < 4.78 is 5.38. The molecule has 114 valence electrons. The molecule has 0 bridgehead atoms. The standard InChI is InChI=1S/C17H19N3O2/c1-3-22-14-8-6-13(7-9-14)20-17(21)15-10-18-16(12-4-5-12)19-11(15)2/h6-10,12H,3-5H2,1-2H3,(H,20,21). The second-order valence-corrected chi connectivity index (χ2v) is 5.41. The Morgan fingerprint density at radius 3 is 2.64 bits per heavy atom. The number of aromatic nitrogens is 2. The van der Waals surface area contributed by atoms with Crippen molar-refractivity contribution in [3.8, 4) is 5.75 Å². The van der Waals surface area contributed by atoms with Crippen LogP contribution >= 0.6 is 0 Å². The molecule has 1 heterocycles. The minimum Gasteiger partial charge on any atom is -0.494 e. The Morgan fingerprint density at radius 1 is 1.32 bits per heavy atom. The number of nitrogens with one attached hydrogen (secondary N) is 1. The lowest BCUT2D eigenvalue weighted by Crippen LogP contribution is -2.15. The summed E-state index contributed by atoms with van der Waals surface area (Å²) in [5.41, 5.74) is 1.96. The third-order valence-electron chi connectivity index (χ3n) is 3.61. The highest BCUT2D eigenvalue weighted by Gasteiger charge is 2.27. The predicted molar refractivity (Wildman–Crippen MR) is 84.3 cm³/mol. The summed E-state index contributed by atoms with van der Waals surface area (Å²) >= 11 is 0. The number of ether oxygens (including phenoxy) is 1. The molecule has 1 aromatic carbocycles. The Bertz CT molecular complexity index is 679. The van der Waals surface area contributed by atoms with Gasteiger partial charge in [-0.1, -0.05) is 0 Å². The lowest BCUT2D eigenvalue weighted by molar-refractivity contribution is 0.102. The van der Waals surface area contributed by atoms with Crippen molar-refractivity contribution in [1.29, 1.82) is 0 Å². The summed E-state index contributed by atoms with van der Waals surface area (Å²) in [7, 11) is 0. The van der Waals surface area contributed by atoms with Crippen LogP contribution in [0.1, 0.15) is 47.6 Å². The predicted octanol–water partition coefficient (Wildman–Crippen LogP) is 3.31. The van der Waals surface area contributed by atoms with E-state index in [9.17, 15) is 4.79 Å². The number of benzene rings is 1. The average Bonchev–Trinajstić information content (AvgIpc) is 3.34. The van der Waals surface area contributed by atoms with E-state index in [4.69, 9.17) is 4.74 Å². The van der Waals surface area contributed by atoms with Crippen LogP contribution in [-0.2, 0) is 0 Å². The molecule has 22 heavy (non-hydrogen) atoms. The van der Waals surface area contributed by atoms with Gasteiger partial charge in [-0.3, -0.25) is 4.79 Å². The van der Waals surface area contributed by atoms with Gasteiger partial charge in [-0.05, 0) is 51.0 Å². The summed E-state index contributed by atoms with van der Waals surface area (Å²) in [6.45, 7) is 4.40. The van der Waals surface area contributed by atoms with E-state index in [1.807, 2.05) is 38.1 Å². The van der Waals surface area contributed by atoms with E-state index in [0.29, 0.717) is 18.1 Å². The molecular formula is C17H19N3O2. The van der Waals surface area contributed by atoms with Gasteiger partial charge in [-0.25, -0.2) is 9.97 Å². The van der Waals surface area contributed by atoms with Gasteiger partial charge < -0.3 is 10.1 Å². The van der Waals surface area contributed by atoms with Crippen molar-refractivity contribution in [2.24, 2.45) is 0 Å². The number of hydrogen-bond acceptors (Lipinski definition) is 4. The second-order valence-electron chi connectivity index (χ2n) is 5.41. The number of aryl methyl sites for hydroxylation is 1. The molecule has 3 rings (SSSR count). The zero-order valence-corrected chi connectivity index (χ0v) is 12.8. The van der Waals surface area contributed by atoms with Crippen molar-refractivity contribution >= 4 is 11.6 Å². The molecule has 1 aliphatic carbocycles. The van der Waals surface area contributed by atoms with Crippen LogP contribution < -0.4 is 10.1 Å². The highest BCUT2D eigenvalue weighted by molar-refractivity contribution is 6.04. The van der Waals surface area contributed by atoms with Crippen molar-refractivity contribution < 1.29 is 9.53 Å². The quantitative estimate of drug-likeness (QED) is 0.919. The smallest absolute Gasteiger partial charge is 0.259 e. The number of rotatable bonds is 5. The SMILES string of the molecule is CCOc1ccc(NC(=O)c2cnc(C3CC3)nc2C)cc1. The Labute approximate surface area is 129 Å². The zero-order valence-electron chi connectivity index (χ0n) is 12.8. The maximum Gasteiger partial charge on any atom is 0.259 e. The third kappa shape index (κ3) is 3.24. The molecule has 1 aromatic heterocycles. The first-order chi connectivity index (χ1) is 10.7. The molecule has 0 saturated heterocycles. The number of nitrogens with zero attached hydrogens (tertiary/aromatic N) is 2. The summed E-state index contributed by atoms with van der Waals surface area (Å²) in [5.74, 6) is 1.94. The van der Waals surface area contributed by atoms with Crippen molar-refractivity contribution in [2.45, 2.75) is 32.6 Å². The molecule has 0 aliphatic heterocycles. The van der Waals surface area contributed by atoms with Crippen molar-refractivity contribution in [2.75, 3.05) is 11.9 Å². The molecule has 5 heteroatoms. The molecule has 1 saturated carbocycles. The minimum atomic E-state index is -0.191. The van der Waals surface area contributed by atoms with Crippen LogP contribution in [-0.4, -0.2) is 22.5 Å². The Morgan fingerprint density at radius 2 is 2.05 bits per heavy atom. The molecule has 1 fully saturated rings. The summed E-state index contributed by atoms with van der Waals surface area (Å²) in [5, 5.41) is 2.86. The molecule has 0 radical (unpaired) electrons. The van der Waals surface area contributed by atoms with Gasteiger partial charge in [-0.2, -0.15) is 0 Å².